The molecular weight excluding hydrogens is 286 g/mol. The molecule has 1 N–H and O–H groups in total. The van der Waals surface area contributed by atoms with Gasteiger partial charge in [-0.2, -0.15) is 0 Å². The maximum absolute atomic E-state index is 12.4. The number of thiazole rings is 1. The Morgan fingerprint density at radius 3 is 2.95 bits per heavy atom. The molecular formula is C15H17N3O2S. The van der Waals surface area contributed by atoms with Crippen LogP contribution in [-0.2, 0) is 0 Å². The number of carbonyl (C=O) groups is 1. The van der Waals surface area contributed by atoms with Crippen molar-refractivity contribution in [1.82, 2.24) is 15.2 Å². The molecule has 1 amide bonds. The number of carbonyl (C=O) groups excluding carboxylic acids is 1. The molecule has 5 nitrogen and oxygen atoms in total. The molecule has 21 heavy (non-hydrogen) atoms. The van der Waals surface area contributed by atoms with Crippen LogP contribution in [0.1, 0.15) is 10.5 Å². The smallest absolute Gasteiger partial charge is 0.273 e. The maximum Gasteiger partial charge on any atom is 0.273 e. The standard InChI is InChI=1S/C15H17N3O2S/c1-20-12-4-2-3-11(9-12)14-17-13(10-21-14)15(19)18-7-5-16-6-8-18/h2-4,9-10,16H,5-8H2,1H3. The number of piperazine rings is 1. The molecule has 0 saturated carbocycles. The Balaban J connectivity index is 1.80. The Bertz CT molecular complexity index is 635. The van der Waals surface area contributed by atoms with Gasteiger partial charge in [-0.3, -0.25) is 4.79 Å². The van der Waals surface area contributed by atoms with Crippen molar-refractivity contribution in [3.63, 3.8) is 0 Å². The van der Waals surface area contributed by atoms with Crippen molar-refractivity contribution in [3.8, 4) is 16.3 Å². The molecule has 0 atom stereocenters. The first-order valence-corrected chi connectivity index (χ1v) is 7.76. The van der Waals surface area contributed by atoms with E-state index in [4.69, 9.17) is 4.74 Å². The molecule has 0 aliphatic carbocycles. The Labute approximate surface area is 127 Å². The van der Waals surface area contributed by atoms with Gasteiger partial charge in [0.05, 0.1) is 7.11 Å². The summed E-state index contributed by atoms with van der Waals surface area (Å²) in [6, 6.07) is 7.72. The number of nitrogens with zero attached hydrogens (tertiary/aromatic N) is 2. The first-order chi connectivity index (χ1) is 10.3. The van der Waals surface area contributed by atoms with E-state index in [0.29, 0.717) is 5.69 Å². The first-order valence-electron chi connectivity index (χ1n) is 6.88. The monoisotopic (exact) mass is 303 g/mol. The van der Waals surface area contributed by atoms with E-state index >= 15 is 0 Å². The fourth-order valence-corrected chi connectivity index (χ4v) is 3.08. The summed E-state index contributed by atoms with van der Waals surface area (Å²) in [6.07, 6.45) is 0. The van der Waals surface area contributed by atoms with Gasteiger partial charge in [0.1, 0.15) is 16.5 Å². The quantitative estimate of drug-likeness (QED) is 0.940. The van der Waals surface area contributed by atoms with Crippen molar-refractivity contribution in [2.45, 2.75) is 0 Å². The first kappa shape index (κ1) is 14.0. The number of amides is 1. The molecule has 0 radical (unpaired) electrons. The van der Waals surface area contributed by atoms with E-state index in [-0.39, 0.29) is 5.91 Å². The number of methoxy groups -OCH3 is 1. The lowest BCUT2D eigenvalue weighted by Gasteiger charge is -2.26. The van der Waals surface area contributed by atoms with Crippen LogP contribution in [0.5, 0.6) is 5.75 Å². The lowest BCUT2D eigenvalue weighted by molar-refractivity contribution is 0.0731. The average molecular weight is 303 g/mol. The molecule has 110 valence electrons. The summed E-state index contributed by atoms with van der Waals surface area (Å²) in [5.74, 6) is 0.805. The van der Waals surface area contributed by atoms with Crippen molar-refractivity contribution in [2.75, 3.05) is 33.3 Å². The minimum Gasteiger partial charge on any atom is -0.497 e. The zero-order valence-corrected chi connectivity index (χ0v) is 12.7. The molecule has 3 rings (SSSR count). The molecule has 1 aromatic carbocycles. The second kappa shape index (κ2) is 6.24. The highest BCUT2D eigenvalue weighted by molar-refractivity contribution is 7.13. The van der Waals surface area contributed by atoms with Gasteiger partial charge in [0.25, 0.3) is 5.91 Å². The number of hydrogen-bond acceptors (Lipinski definition) is 5. The van der Waals surface area contributed by atoms with Gasteiger partial charge in [-0.15, -0.1) is 11.3 Å². The predicted molar refractivity (Wildman–Crippen MR) is 82.9 cm³/mol. The zero-order valence-electron chi connectivity index (χ0n) is 11.8. The number of aromatic nitrogens is 1. The van der Waals surface area contributed by atoms with Crippen molar-refractivity contribution in [2.24, 2.45) is 0 Å². The van der Waals surface area contributed by atoms with Gasteiger partial charge in [-0.05, 0) is 12.1 Å². The topological polar surface area (TPSA) is 54.5 Å². The summed E-state index contributed by atoms with van der Waals surface area (Å²) in [4.78, 5) is 18.7. The van der Waals surface area contributed by atoms with Crippen molar-refractivity contribution >= 4 is 17.2 Å². The van der Waals surface area contributed by atoms with Gasteiger partial charge < -0.3 is 15.0 Å². The zero-order chi connectivity index (χ0) is 14.7. The lowest BCUT2D eigenvalue weighted by Crippen LogP contribution is -2.46. The molecule has 0 bridgehead atoms. The van der Waals surface area contributed by atoms with Crippen LogP contribution in [0.2, 0.25) is 0 Å². The van der Waals surface area contributed by atoms with Crippen LogP contribution in [0.15, 0.2) is 29.6 Å². The van der Waals surface area contributed by atoms with Gasteiger partial charge in [0.2, 0.25) is 0 Å². The minimum absolute atomic E-state index is 0.0156. The number of rotatable bonds is 3. The summed E-state index contributed by atoms with van der Waals surface area (Å²) >= 11 is 1.48. The Kier molecular flexibility index (Phi) is 4.17. The third-order valence-electron chi connectivity index (χ3n) is 3.44. The van der Waals surface area contributed by atoms with E-state index in [0.717, 1.165) is 42.5 Å². The lowest BCUT2D eigenvalue weighted by atomic mass is 10.2. The van der Waals surface area contributed by atoms with E-state index in [1.54, 1.807) is 7.11 Å². The highest BCUT2D eigenvalue weighted by Crippen LogP contribution is 2.27. The van der Waals surface area contributed by atoms with Crippen molar-refractivity contribution in [3.05, 3.63) is 35.3 Å². The van der Waals surface area contributed by atoms with Crippen molar-refractivity contribution in [1.29, 1.82) is 0 Å². The van der Waals surface area contributed by atoms with Crippen LogP contribution in [0.4, 0.5) is 0 Å². The largest absolute Gasteiger partial charge is 0.497 e. The Morgan fingerprint density at radius 2 is 2.19 bits per heavy atom. The van der Waals surface area contributed by atoms with E-state index in [1.165, 1.54) is 11.3 Å². The van der Waals surface area contributed by atoms with Crippen LogP contribution in [-0.4, -0.2) is 49.1 Å². The summed E-state index contributed by atoms with van der Waals surface area (Å²) in [5, 5.41) is 5.91. The fraction of sp³-hybridized carbons (Fsp3) is 0.333. The number of ether oxygens (including phenoxy) is 1. The second-order valence-electron chi connectivity index (χ2n) is 4.81. The molecule has 0 unspecified atom stereocenters. The maximum atomic E-state index is 12.4. The molecule has 2 aromatic rings. The molecule has 2 heterocycles. The second-order valence-corrected chi connectivity index (χ2v) is 5.67. The number of nitrogens with one attached hydrogen (secondary N) is 1. The normalized spacial score (nSPS) is 15.0. The third kappa shape index (κ3) is 3.06. The minimum atomic E-state index is 0.0156. The van der Waals surface area contributed by atoms with Crippen LogP contribution >= 0.6 is 11.3 Å². The fourth-order valence-electron chi connectivity index (χ4n) is 2.29. The van der Waals surface area contributed by atoms with Gasteiger partial charge >= 0.3 is 0 Å². The van der Waals surface area contributed by atoms with Crippen molar-refractivity contribution < 1.29 is 9.53 Å². The summed E-state index contributed by atoms with van der Waals surface area (Å²) in [7, 11) is 1.64. The molecule has 6 heteroatoms. The molecule has 1 fully saturated rings. The Morgan fingerprint density at radius 1 is 1.38 bits per heavy atom. The number of hydrogen-bond donors (Lipinski definition) is 1. The van der Waals surface area contributed by atoms with Gasteiger partial charge in [0.15, 0.2) is 0 Å². The van der Waals surface area contributed by atoms with Gasteiger partial charge in [-0.1, -0.05) is 12.1 Å². The summed E-state index contributed by atoms with van der Waals surface area (Å²) in [5.41, 5.74) is 1.50. The highest BCUT2D eigenvalue weighted by atomic mass is 32.1. The van der Waals surface area contributed by atoms with E-state index in [1.807, 2.05) is 34.5 Å². The predicted octanol–water partition coefficient (Wildman–Crippen LogP) is 1.86. The van der Waals surface area contributed by atoms with Crippen LogP contribution in [0.25, 0.3) is 10.6 Å². The van der Waals surface area contributed by atoms with E-state index in [2.05, 4.69) is 10.3 Å². The summed E-state index contributed by atoms with van der Waals surface area (Å²) < 4.78 is 5.22. The molecule has 1 aliphatic rings. The van der Waals surface area contributed by atoms with E-state index < -0.39 is 0 Å². The van der Waals surface area contributed by atoms with Crippen LogP contribution < -0.4 is 10.1 Å². The van der Waals surface area contributed by atoms with Crippen LogP contribution in [0, 0.1) is 0 Å². The Hall–Kier alpha value is -1.92. The SMILES string of the molecule is COc1cccc(-c2nc(C(=O)N3CCNCC3)cs2)c1. The average Bonchev–Trinajstić information content (AvgIpc) is 3.05. The third-order valence-corrected chi connectivity index (χ3v) is 4.34. The molecule has 1 aromatic heterocycles. The van der Waals surface area contributed by atoms with E-state index in [9.17, 15) is 4.79 Å². The highest BCUT2D eigenvalue weighted by Gasteiger charge is 2.20. The summed E-state index contributed by atoms with van der Waals surface area (Å²) in [6.45, 7) is 3.17. The van der Waals surface area contributed by atoms with Crippen LogP contribution in [0.3, 0.4) is 0 Å². The molecule has 1 aliphatic heterocycles. The van der Waals surface area contributed by atoms with Gasteiger partial charge in [0, 0.05) is 37.1 Å². The molecule has 0 spiro atoms. The number of benzene rings is 1. The van der Waals surface area contributed by atoms with Gasteiger partial charge in [-0.25, -0.2) is 4.98 Å². The molecule has 1 saturated heterocycles.